The van der Waals surface area contributed by atoms with Gasteiger partial charge in [0.05, 0.1) is 6.20 Å². The molecular formula is C5H8N4O2. The number of carboxylic acids is 1. The first kappa shape index (κ1) is 7.55. The Labute approximate surface area is 62.6 Å². The molecule has 60 valence electrons. The maximum atomic E-state index is 10.4. The van der Waals surface area contributed by atoms with Gasteiger partial charge in [-0.15, -0.1) is 0 Å². The number of carbonyl (C=O) groups is 1. The van der Waals surface area contributed by atoms with Crippen molar-refractivity contribution in [2.24, 2.45) is 12.9 Å². The van der Waals surface area contributed by atoms with E-state index in [2.05, 4.69) is 10.5 Å². The summed E-state index contributed by atoms with van der Waals surface area (Å²) in [6.07, 6.45) is 1.23. The van der Waals surface area contributed by atoms with E-state index in [1.807, 2.05) is 0 Å². The average Bonchev–Trinajstić information content (AvgIpc) is 2.30. The first-order valence-electron chi connectivity index (χ1n) is 2.88. The Kier molecular flexibility index (Phi) is 1.77. The Hall–Kier alpha value is -1.56. The maximum Gasteiger partial charge on any atom is 0.341 e. The van der Waals surface area contributed by atoms with Crippen LogP contribution in [0, 0.1) is 0 Å². The second-order valence-corrected chi connectivity index (χ2v) is 1.98. The summed E-state index contributed by atoms with van der Waals surface area (Å²) >= 11 is 0. The van der Waals surface area contributed by atoms with E-state index in [0.29, 0.717) is 0 Å². The molecule has 0 fully saturated rings. The molecule has 0 aliphatic rings. The average molecular weight is 156 g/mol. The van der Waals surface area contributed by atoms with Crippen LogP contribution in [0.4, 0.5) is 5.82 Å². The molecule has 0 radical (unpaired) electrons. The minimum atomic E-state index is -1.05. The van der Waals surface area contributed by atoms with E-state index >= 15 is 0 Å². The number of nitrogens with two attached hydrogens (primary N) is 1. The number of hydrogen-bond donors (Lipinski definition) is 3. The highest BCUT2D eigenvalue weighted by molar-refractivity contribution is 5.92. The number of aromatic carboxylic acids is 1. The Morgan fingerprint density at radius 1 is 1.91 bits per heavy atom. The first-order chi connectivity index (χ1) is 5.16. The highest BCUT2D eigenvalue weighted by atomic mass is 16.4. The van der Waals surface area contributed by atoms with Crippen LogP contribution >= 0.6 is 0 Å². The van der Waals surface area contributed by atoms with E-state index in [0.717, 1.165) is 0 Å². The van der Waals surface area contributed by atoms with Gasteiger partial charge in [0, 0.05) is 7.05 Å². The van der Waals surface area contributed by atoms with Gasteiger partial charge >= 0.3 is 5.97 Å². The molecule has 0 aromatic carbocycles. The molecule has 1 rings (SSSR count). The predicted molar refractivity (Wildman–Crippen MR) is 38.0 cm³/mol. The lowest BCUT2D eigenvalue weighted by atomic mass is 10.3. The van der Waals surface area contributed by atoms with Crippen molar-refractivity contribution in [1.29, 1.82) is 0 Å². The van der Waals surface area contributed by atoms with Crippen molar-refractivity contribution in [2.75, 3.05) is 5.43 Å². The predicted octanol–water partition coefficient (Wildman–Crippen LogP) is -0.596. The Morgan fingerprint density at radius 2 is 2.55 bits per heavy atom. The Balaban J connectivity index is 3.15. The van der Waals surface area contributed by atoms with Gasteiger partial charge in [-0.05, 0) is 0 Å². The fourth-order valence-electron chi connectivity index (χ4n) is 0.765. The van der Waals surface area contributed by atoms with Crippen molar-refractivity contribution in [3.63, 3.8) is 0 Å². The number of aryl methyl sites for hydroxylation is 1. The van der Waals surface area contributed by atoms with Gasteiger partial charge in [0.15, 0.2) is 5.82 Å². The molecule has 0 unspecified atom stereocenters. The van der Waals surface area contributed by atoms with Crippen LogP contribution in [0.25, 0.3) is 0 Å². The number of aromatic nitrogens is 2. The molecule has 0 spiro atoms. The van der Waals surface area contributed by atoms with E-state index in [4.69, 9.17) is 10.9 Å². The van der Waals surface area contributed by atoms with Crippen molar-refractivity contribution >= 4 is 11.8 Å². The fraction of sp³-hybridized carbons (Fsp3) is 0.200. The molecule has 1 heterocycles. The van der Waals surface area contributed by atoms with Crippen LogP contribution in [0.15, 0.2) is 6.20 Å². The number of nitrogen functional groups attached to an aromatic ring is 1. The number of nitrogens with one attached hydrogen (secondary N) is 1. The van der Waals surface area contributed by atoms with Crippen LogP contribution in [0.2, 0.25) is 0 Å². The van der Waals surface area contributed by atoms with Crippen molar-refractivity contribution in [3.8, 4) is 0 Å². The SMILES string of the molecule is Cn1ncc(C(=O)O)c1NN. The van der Waals surface area contributed by atoms with Crippen LogP contribution in [-0.2, 0) is 7.05 Å². The lowest BCUT2D eigenvalue weighted by molar-refractivity contribution is 0.0698. The highest BCUT2D eigenvalue weighted by Crippen LogP contribution is 2.11. The highest BCUT2D eigenvalue weighted by Gasteiger charge is 2.12. The molecule has 4 N–H and O–H groups in total. The third-order valence-corrected chi connectivity index (χ3v) is 1.31. The van der Waals surface area contributed by atoms with Gasteiger partial charge in [-0.3, -0.25) is 4.68 Å². The third-order valence-electron chi connectivity index (χ3n) is 1.31. The summed E-state index contributed by atoms with van der Waals surface area (Å²) in [6.45, 7) is 0. The smallest absolute Gasteiger partial charge is 0.341 e. The molecule has 0 saturated heterocycles. The lowest BCUT2D eigenvalue weighted by Gasteiger charge is -1.99. The molecule has 6 nitrogen and oxygen atoms in total. The van der Waals surface area contributed by atoms with E-state index in [9.17, 15) is 4.79 Å². The quantitative estimate of drug-likeness (QED) is 0.393. The van der Waals surface area contributed by atoms with Crippen molar-refractivity contribution in [3.05, 3.63) is 11.8 Å². The standard InChI is InChI=1S/C5H8N4O2/c1-9-4(8-6)3(2-7-9)5(10)11/h2,8H,6H2,1H3,(H,10,11). The summed E-state index contributed by atoms with van der Waals surface area (Å²) in [5, 5.41) is 12.3. The summed E-state index contributed by atoms with van der Waals surface area (Å²) in [5.74, 6) is 4.30. The lowest BCUT2D eigenvalue weighted by Crippen LogP contribution is -2.14. The summed E-state index contributed by atoms with van der Waals surface area (Å²) in [4.78, 5) is 10.4. The van der Waals surface area contributed by atoms with Crippen molar-refractivity contribution < 1.29 is 9.90 Å². The maximum absolute atomic E-state index is 10.4. The van der Waals surface area contributed by atoms with E-state index in [-0.39, 0.29) is 11.4 Å². The molecule has 0 amide bonds. The van der Waals surface area contributed by atoms with E-state index in [1.54, 1.807) is 7.05 Å². The topological polar surface area (TPSA) is 93.2 Å². The zero-order chi connectivity index (χ0) is 8.43. The van der Waals surface area contributed by atoms with Gasteiger partial charge in [-0.25, -0.2) is 10.6 Å². The number of nitrogens with zero attached hydrogens (tertiary/aromatic N) is 2. The number of carboxylic acid groups (broad SMARTS) is 1. The second kappa shape index (κ2) is 2.59. The van der Waals surface area contributed by atoms with E-state index < -0.39 is 5.97 Å². The number of hydrogen-bond acceptors (Lipinski definition) is 4. The van der Waals surface area contributed by atoms with Crippen molar-refractivity contribution in [2.45, 2.75) is 0 Å². The van der Waals surface area contributed by atoms with E-state index in [1.165, 1.54) is 10.9 Å². The van der Waals surface area contributed by atoms with Crippen LogP contribution in [0.3, 0.4) is 0 Å². The number of rotatable bonds is 2. The zero-order valence-corrected chi connectivity index (χ0v) is 5.90. The molecular weight excluding hydrogens is 148 g/mol. The van der Waals surface area contributed by atoms with Gasteiger partial charge in [0.25, 0.3) is 0 Å². The summed E-state index contributed by atoms with van der Waals surface area (Å²) in [5.41, 5.74) is 2.31. The molecule has 6 heteroatoms. The molecule has 0 aliphatic carbocycles. The van der Waals surface area contributed by atoms with Crippen molar-refractivity contribution in [1.82, 2.24) is 9.78 Å². The summed E-state index contributed by atoms with van der Waals surface area (Å²) in [7, 11) is 1.60. The molecule has 0 bridgehead atoms. The third kappa shape index (κ3) is 1.15. The second-order valence-electron chi connectivity index (χ2n) is 1.98. The molecule has 0 atom stereocenters. The minimum Gasteiger partial charge on any atom is -0.477 e. The fourth-order valence-corrected chi connectivity index (χ4v) is 0.765. The van der Waals surface area contributed by atoms with Crippen LogP contribution in [0.5, 0.6) is 0 Å². The van der Waals surface area contributed by atoms with Crippen LogP contribution in [0.1, 0.15) is 10.4 Å². The zero-order valence-electron chi connectivity index (χ0n) is 5.90. The normalized spacial score (nSPS) is 9.64. The summed E-state index contributed by atoms with van der Waals surface area (Å²) < 4.78 is 1.35. The Morgan fingerprint density at radius 3 is 2.91 bits per heavy atom. The van der Waals surface area contributed by atoms with Gasteiger partial charge in [0.1, 0.15) is 5.56 Å². The Bertz CT molecular complexity index is 280. The van der Waals surface area contributed by atoms with Gasteiger partial charge in [-0.2, -0.15) is 5.10 Å². The van der Waals surface area contributed by atoms with Crippen LogP contribution < -0.4 is 11.3 Å². The largest absolute Gasteiger partial charge is 0.477 e. The minimum absolute atomic E-state index is 0.0648. The molecule has 1 aromatic heterocycles. The van der Waals surface area contributed by atoms with Crippen LogP contribution in [-0.4, -0.2) is 20.9 Å². The van der Waals surface area contributed by atoms with Gasteiger partial charge in [0.2, 0.25) is 0 Å². The summed E-state index contributed by atoms with van der Waals surface area (Å²) in [6, 6.07) is 0. The first-order valence-corrected chi connectivity index (χ1v) is 2.88. The molecule has 0 aliphatic heterocycles. The monoisotopic (exact) mass is 156 g/mol. The van der Waals surface area contributed by atoms with Gasteiger partial charge < -0.3 is 10.5 Å². The number of hydrazine groups is 1. The molecule has 11 heavy (non-hydrogen) atoms. The molecule has 0 saturated carbocycles. The number of anilines is 1. The molecule has 1 aromatic rings. The van der Waals surface area contributed by atoms with Gasteiger partial charge in [-0.1, -0.05) is 0 Å².